The summed E-state index contributed by atoms with van der Waals surface area (Å²) in [6.45, 7) is 2.26. The van der Waals surface area contributed by atoms with Crippen LogP contribution < -0.4 is 4.74 Å². The monoisotopic (exact) mass is 1190 g/mol. The van der Waals surface area contributed by atoms with E-state index in [1.54, 1.807) is 7.11 Å². The Morgan fingerprint density at radius 2 is 0.724 bits per heavy atom. The molecule has 11 aromatic rings. The number of benzene rings is 5. The second-order valence-corrected chi connectivity index (χ2v) is 23.0. The number of methoxy groups -OCH3 is 1. The van der Waals surface area contributed by atoms with Crippen molar-refractivity contribution >= 4 is 109 Å². The Morgan fingerprint density at radius 1 is 0.345 bits per heavy atom. The summed E-state index contributed by atoms with van der Waals surface area (Å²) in [6.07, 6.45) is 22.6. The van der Waals surface area contributed by atoms with E-state index in [0.29, 0.717) is 0 Å². The Hall–Kier alpha value is -10.4. The Kier molecular flexibility index (Phi) is 14.0. The highest BCUT2D eigenvalue weighted by atomic mass is 79.9. The molecule has 4 aliphatic rings. The van der Waals surface area contributed by atoms with Gasteiger partial charge < -0.3 is 24.7 Å². The zero-order valence-corrected chi connectivity index (χ0v) is 49.7. The zero-order valence-electron chi connectivity index (χ0n) is 48.1. The van der Waals surface area contributed by atoms with Crippen LogP contribution in [-0.2, 0) is 6.42 Å². The maximum Gasteiger partial charge on any atom is 0.118 e. The van der Waals surface area contributed by atoms with Crippen molar-refractivity contribution in [2.45, 2.75) is 39.0 Å². The number of aromatic amines is 4. The van der Waals surface area contributed by atoms with E-state index in [2.05, 4.69) is 267 Å². The van der Waals surface area contributed by atoms with Gasteiger partial charge in [-0.3, -0.25) is 0 Å². The second-order valence-electron chi connectivity index (χ2n) is 22.2. The third-order valence-electron chi connectivity index (χ3n) is 16.8. The average Bonchev–Trinajstić information content (AvgIpc) is 1.82. The van der Waals surface area contributed by atoms with E-state index in [-0.39, 0.29) is 0 Å². The van der Waals surface area contributed by atoms with Gasteiger partial charge in [0.2, 0.25) is 0 Å². The fraction of sp³-hybridized carbons (Fsp3) is 0.0909. The van der Waals surface area contributed by atoms with Gasteiger partial charge in [-0.1, -0.05) is 160 Å². The molecule has 0 fully saturated rings. The first-order valence-electron chi connectivity index (χ1n) is 29.8. The lowest BCUT2D eigenvalue weighted by Crippen LogP contribution is -1.93. The molecule has 15 rings (SSSR count). The van der Waals surface area contributed by atoms with E-state index in [0.717, 1.165) is 198 Å². The number of hydrogen-bond donors (Lipinski definition) is 4. The van der Waals surface area contributed by atoms with E-state index in [1.807, 2.05) is 12.1 Å². The van der Waals surface area contributed by atoms with Gasteiger partial charge in [-0.05, 0) is 160 Å². The van der Waals surface area contributed by atoms with Crippen LogP contribution in [0.5, 0.6) is 5.75 Å². The van der Waals surface area contributed by atoms with Crippen molar-refractivity contribution in [1.82, 2.24) is 39.9 Å². The summed E-state index contributed by atoms with van der Waals surface area (Å²) in [5.41, 5.74) is 27.0. The number of H-pyrrole nitrogens is 4. The summed E-state index contributed by atoms with van der Waals surface area (Å²) in [5.74, 6) is 0.771. The number of nitrogens with zero attached hydrogens (tertiary/aromatic N) is 4. The number of aromatic nitrogens is 8. The Bertz CT molecular complexity index is 4990. The van der Waals surface area contributed by atoms with Crippen molar-refractivity contribution in [3.8, 4) is 72.5 Å². The van der Waals surface area contributed by atoms with Crippen LogP contribution in [-0.4, -0.2) is 47.0 Å². The Morgan fingerprint density at radius 3 is 1.23 bits per heavy atom. The van der Waals surface area contributed by atoms with E-state index >= 15 is 0 Å². The molecule has 0 aliphatic carbocycles. The summed E-state index contributed by atoms with van der Waals surface area (Å²) < 4.78 is 6.57. The van der Waals surface area contributed by atoms with Gasteiger partial charge in [0.15, 0.2) is 0 Å². The summed E-state index contributed by atoms with van der Waals surface area (Å²) >= 11 is 4.00. The lowest BCUT2D eigenvalue weighted by molar-refractivity contribution is 0.415. The van der Waals surface area contributed by atoms with E-state index in [4.69, 9.17) is 24.7 Å². The number of unbranched alkanes of at least 4 members (excludes halogenated alkanes) is 3. The summed E-state index contributed by atoms with van der Waals surface area (Å²) in [6, 6.07) is 66.0. The van der Waals surface area contributed by atoms with Gasteiger partial charge >= 0.3 is 0 Å². The SMILES string of the molecule is CCCCCCc1c2nc(c(-c3cc4[nH]c3c(-c3ccccc3)c3nc(c(-c5ccccc5)c5ccc([nH]5)c(-c5ccccc5)c5nc(c4-c4ccccc4)C=C5)C=C3)c3ccc([nH]3)c(-c3ccc(OC)cc3)c3nc(c(Br)c4ccc1[nH]4)C=C3)C=C2. The molecule has 6 aromatic heterocycles. The lowest BCUT2D eigenvalue weighted by atomic mass is 9.97. The van der Waals surface area contributed by atoms with Crippen LogP contribution in [0.25, 0.3) is 160 Å². The number of fused-ring (bicyclic) bond motifs is 16. The largest absolute Gasteiger partial charge is 0.497 e. The van der Waals surface area contributed by atoms with Crippen molar-refractivity contribution in [3.05, 3.63) is 244 Å². The molecule has 4 N–H and O–H groups in total. The third kappa shape index (κ3) is 9.97. The summed E-state index contributed by atoms with van der Waals surface area (Å²) in [4.78, 5) is 38.5. The molecule has 0 saturated heterocycles. The van der Waals surface area contributed by atoms with Gasteiger partial charge in [0.25, 0.3) is 0 Å². The van der Waals surface area contributed by atoms with Gasteiger partial charge in [0, 0.05) is 77.6 Å². The minimum atomic E-state index is 0.771. The predicted octanol–water partition coefficient (Wildman–Crippen LogP) is 20.5. The summed E-state index contributed by atoms with van der Waals surface area (Å²) in [5, 5.41) is 0. The number of nitrogens with one attached hydrogen (secondary N) is 4. The first-order valence-corrected chi connectivity index (χ1v) is 30.6. The van der Waals surface area contributed by atoms with Crippen molar-refractivity contribution < 1.29 is 4.74 Å². The molecule has 420 valence electrons. The van der Waals surface area contributed by atoms with E-state index in [1.165, 1.54) is 6.42 Å². The average molecular weight is 1190 g/mol. The van der Waals surface area contributed by atoms with Crippen LogP contribution in [0.2, 0.25) is 0 Å². The van der Waals surface area contributed by atoms with Crippen molar-refractivity contribution in [1.29, 1.82) is 0 Å². The highest BCUT2D eigenvalue weighted by Gasteiger charge is 2.25. The Labute approximate surface area is 512 Å². The van der Waals surface area contributed by atoms with Crippen molar-refractivity contribution in [2.75, 3.05) is 7.11 Å². The van der Waals surface area contributed by atoms with Gasteiger partial charge in [-0.25, -0.2) is 19.9 Å². The topological polar surface area (TPSA) is 124 Å². The fourth-order valence-corrected chi connectivity index (χ4v) is 13.1. The standard InChI is InChI=1S/C77H59BrN8O/c1-3-4-5-18-27-53-55-32-34-65(79-55)75(66-42-40-61(84-66)72(51-28-30-52(87-2)31-29-51)62-43-45-68(85-62)76(78)67-44-33-56(53)80-67)54-46-69-73(49-23-14-8-15-24-49)63-38-37-59(82-63)70(47-19-10-6-11-20-47)57-35-36-58(81-57)71(48-21-12-7-13-22-48)60-39-41-64(83-60)74(77(54)86-69)50-25-16-9-17-26-50/h6-17,19-26,28-46,80-81,84,86H,3-5,18,27H2,1-2H3. The van der Waals surface area contributed by atoms with Crippen LogP contribution in [0, 0.1) is 0 Å². The molecule has 5 aromatic carbocycles. The molecule has 0 unspecified atom stereocenters. The van der Waals surface area contributed by atoms with Crippen LogP contribution in [0.3, 0.4) is 0 Å². The molecule has 9 nitrogen and oxygen atoms in total. The number of hydrogen-bond acceptors (Lipinski definition) is 5. The molecule has 0 atom stereocenters. The second kappa shape index (κ2) is 22.9. The quantitative estimate of drug-likeness (QED) is 0.0907. The maximum atomic E-state index is 5.79. The molecular formula is C77H59BrN8O. The minimum Gasteiger partial charge on any atom is -0.497 e. The van der Waals surface area contributed by atoms with Crippen molar-refractivity contribution in [2.24, 2.45) is 0 Å². The zero-order chi connectivity index (χ0) is 58.4. The fourth-order valence-electron chi connectivity index (χ4n) is 12.7. The van der Waals surface area contributed by atoms with E-state index < -0.39 is 0 Å². The smallest absolute Gasteiger partial charge is 0.118 e. The molecule has 0 radical (unpaired) electrons. The van der Waals surface area contributed by atoms with Crippen LogP contribution in [0.15, 0.2) is 193 Å². The number of ether oxygens (including phenoxy) is 1. The summed E-state index contributed by atoms with van der Waals surface area (Å²) in [7, 11) is 1.70. The van der Waals surface area contributed by atoms with Gasteiger partial charge in [-0.15, -0.1) is 0 Å². The first-order chi connectivity index (χ1) is 42.9. The molecule has 16 bridgehead atoms. The highest BCUT2D eigenvalue weighted by molar-refractivity contribution is 9.10. The highest BCUT2D eigenvalue weighted by Crippen LogP contribution is 2.45. The number of halogens is 1. The molecular weight excluding hydrogens is 1130 g/mol. The lowest BCUT2D eigenvalue weighted by Gasteiger charge is -2.09. The van der Waals surface area contributed by atoms with Crippen molar-refractivity contribution in [3.63, 3.8) is 0 Å². The molecule has 87 heavy (non-hydrogen) atoms. The first kappa shape index (κ1) is 53.3. The van der Waals surface area contributed by atoms with Crippen LogP contribution in [0.1, 0.15) is 83.7 Å². The third-order valence-corrected chi connectivity index (χ3v) is 17.7. The van der Waals surface area contributed by atoms with Gasteiger partial charge in [0.1, 0.15) is 5.75 Å². The molecule has 0 spiro atoms. The maximum absolute atomic E-state index is 5.79. The molecule has 4 aliphatic heterocycles. The van der Waals surface area contributed by atoms with Gasteiger partial charge in [-0.2, -0.15) is 0 Å². The number of rotatable bonds is 12. The minimum absolute atomic E-state index is 0.771. The predicted molar refractivity (Wildman–Crippen MR) is 366 cm³/mol. The van der Waals surface area contributed by atoms with Crippen LogP contribution >= 0.6 is 15.9 Å². The molecule has 0 amide bonds. The molecule has 10 heteroatoms. The van der Waals surface area contributed by atoms with E-state index in [9.17, 15) is 0 Å². The normalized spacial score (nSPS) is 12.4. The number of aryl methyl sites for hydroxylation is 1. The van der Waals surface area contributed by atoms with Crippen LogP contribution in [0.4, 0.5) is 0 Å². The molecule has 0 saturated carbocycles. The van der Waals surface area contributed by atoms with Gasteiger partial charge in [0.05, 0.1) is 68.2 Å². The Balaban J connectivity index is 1.15. The molecule has 10 heterocycles.